The Morgan fingerprint density at radius 3 is 2.75 bits per heavy atom. The second kappa shape index (κ2) is 7.96. The summed E-state index contributed by atoms with van der Waals surface area (Å²) in [5, 5.41) is 6.39. The number of carbonyl (C=O) groups excluding carboxylic acids is 1. The van der Waals surface area contributed by atoms with Gasteiger partial charge < -0.3 is 0 Å². The van der Waals surface area contributed by atoms with E-state index in [-0.39, 0.29) is 12.5 Å². The van der Waals surface area contributed by atoms with Gasteiger partial charge in [0.2, 0.25) is 10.0 Å². The highest BCUT2D eigenvalue weighted by atomic mass is 32.2. The van der Waals surface area contributed by atoms with E-state index < -0.39 is 10.0 Å². The molecule has 1 amide bonds. The minimum Gasteiger partial charge on any atom is -0.297 e. The molecule has 0 radical (unpaired) electrons. The summed E-state index contributed by atoms with van der Waals surface area (Å²) in [6.45, 7) is 0.639. The van der Waals surface area contributed by atoms with Crippen molar-refractivity contribution in [2.75, 3.05) is 11.9 Å². The molecule has 6 nitrogen and oxygen atoms in total. The number of nitrogens with zero attached hydrogens (tertiary/aromatic N) is 2. The highest BCUT2D eigenvalue weighted by molar-refractivity contribution is 7.92. The van der Waals surface area contributed by atoms with Gasteiger partial charge in [0.1, 0.15) is 0 Å². The van der Waals surface area contributed by atoms with Gasteiger partial charge >= 0.3 is 0 Å². The maximum atomic E-state index is 12.7. The first kappa shape index (κ1) is 19.0. The van der Waals surface area contributed by atoms with Gasteiger partial charge in [0.25, 0.3) is 5.91 Å². The molecule has 28 heavy (non-hydrogen) atoms. The summed E-state index contributed by atoms with van der Waals surface area (Å²) >= 11 is 2.69. The molecule has 0 atom stereocenters. The van der Waals surface area contributed by atoms with Crippen LogP contribution in [0.15, 0.2) is 53.3 Å². The quantitative estimate of drug-likeness (QED) is 0.666. The van der Waals surface area contributed by atoms with E-state index in [2.05, 4.69) is 10.3 Å². The number of sulfonamides is 1. The van der Waals surface area contributed by atoms with Crippen molar-refractivity contribution in [2.24, 2.45) is 0 Å². The Kier molecular flexibility index (Phi) is 5.40. The molecule has 144 valence electrons. The minimum atomic E-state index is -3.53. The molecular weight excluding hydrogens is 414 g/mol. The number of carbonyl (C=O) groups is 1. The van der Waals surface area contributed by atoms with Crippen LogP contribution in [0.25, 0.3) is 6.08 Å². The van der Waals surface area contributed by atoms with Crippen molar-refractivity contribution in [3.8, 4) is 0 Å². The number of aromatic nitrogens is 1. The minimum absolute atomic E-state index is 0.198. The second-order valence-corrected chi connectivity index (χ2v) is 10.0. The zero-order valence-electron chi connectivity index (χ0n) is 14.7. The Hall–Kier alpha value is -2.33. The average molecular weight is 432 g/mol. The van der Waals surface area contributed by atoms with Gasteiger partial charge in [-0.3, -0.25) is 10.1 Å². The van der Waals surface area contributed by atoms with Crippen molar-refractivity contribution < 1.29 is 13.2 Å². The molecule has 0 bridgehead atoms. The van der Waals surface area contributed by atoms with E-state index >= 15 is 0 Å². The zero-order chi connectivity index (χ0) is 19.6. The standard InChI is InChI=1S/C19H17N3O3S3/c23-18(16-7-4-11-26-16)21-19-20-15-8-10-22(13-17(15)27-19)28(24,25)12-9-14-5-2-1-3-6-14/h1-7,9,11-12H,8,10,13H2,(H,20,21,23). The Morgan fingerprint density at radius 2 is 2.00 bits per heavy atom. The van der Waals surface area contributed by atoms with Crippen molar-refractivity contribution >= 4 is 49.8 Å². The van der Waals surface area contributed by atoms with Gasteiger partial charge in [0.05, 0.1) is 17.1 Å². The van der Waals surface area contributed by atoms with Crippen LogP contribution in [0, 0.1) is 0 Å². The van der Waals surface area contributed by atoms with E-state index in [9.17, 15) is 13.2 Å². The number of nitrogens with one attached hydrogen (secondary N) is 1. The Balaban J connectivity index is 1.46. The number of rotatable bonds is 5. The smallest absolute Gasteiger partial charge is 0.267 e. The second-order valence-electron chi connectivity index (χ2n) is 6.16. The van der Waals surface area contributed by atoms with E-state index in [4.69, 9.17) is 0 Å². The predicted octanol–water partition coefficient (Wildman–Crippen LogP) is 3.82. The Morgan fingerprint density at radius 1 is 1.18 bits per heavy atom. The summed E-state index contributed by atoms with van der Waals surface area (Å²) in [5.41, 5.74) is 1.69. The van der Waals surface area contributed by atoms with Crippen molar-refractivity contribution in [2.45, 2.75) is 13.0 Å². The van der Waals surface area contributed by atoms with Crippen molar-refractivity contribution in [3.63, 3.8) is 0 Å². The normalized spacial score (nSPS) is 14.9. The summed E-state index contributed by atoms with van der Waals surface area (Å²) in [6, 6.07) is 12.9. The van der Waals surface area contributed by atoms with Gasteiger partial charge in [-0.15, -0.1) is 22.7 Å². The van der Waals surface area contributed by atoms with Crippen LogP contribution < -0.4 is 5.32 Å². The van der Waals surface area contributed by atoms with Gasteiger partial charge in [0, 0.05) is 23.3 Å². The summed E-state index contributed by atoms with van der Waals surface area (Å²) in [4.78, 5) is 18.1. The lowest BCUT2D eigenvalue weighted by Crippen LogP contribution is -2.34. The lowest BCUT2D eigenvalue weighted by atomic mass is 10.2. The molecular formula is C19H17N3O3S3. The fourth-order valence-corrected chi connectivity index (χ4v) is 5.70. The number of anilines is 1. The first-order valence-electron chi connectivity index (χ1n) is 8.58. The van der Waals surface area contributed by atoms with E-state index in [1.807, 2.05) is 41.8 Å². The van der Waals surface area contributed by atoms with Crippen LogP contribution in [0.4, 0.5) is 5.13 Å². The highest BCUT2D eigenvalue weighted by Gasteiger charge is 2.28. The lowest BCUT2D eigenvalue weighted by Gasteiger charge is -2.23. The molecule has 2 aromatic heterocycles. The monoisotopic (exact) mass is 431 g/mol. The fourth-order valence-electron chi connectivity index (χ4n) is 2.82. The van der Waals surface area contributed by atoms with Crippen LogP contribution in [-0.2, 0) is 23.0 Å². The van der Waals surface area contributed by atoms with Crippen molar-refractivity contribution in [1.82, 2.24) is 9.29 Å². The third-order valence-electron chi connectivity index (χ3n) is 4.25. The number of hydrogen-bond acceptors (Lipinski definition) is 6. The summed E-state index contributed by atoms with van der Waals surface area (Å²) in [6.07, 6.45) is 2.13. The number of thiazole rings is 1. The van der Waals surface area contributed by atoms with Gasteiger partial charge in [-0.1, -0.05) is 36.4 Å². The van der Waals surface area contributed by atoms with Gasteiger partial charge in [-0.25, -0.2) is 13.4 Å². The first-order valence-corrected chi connectivity index (χ1v) is 11.8. The van der Waals surface area contributed by atoms with E-state index in [1.54, 1.807) is 12.1 Å². The van der Waals surface area contributed by atoms with Gasteiger partial charge in [-0.2, -0.15) is 4.31 Å². The molecule has 0 unspecified atom stereocenters. The maximum absolute atomic E-state index is 12.7. The van der Waals surface area contributed by atoms with Crippen molar-refractivity contribution in [1.29, 1.82) is 0 Å². The molecule has 1 N–H and O–H groups in total. The van der Waals surface area contributed by atoms with Crippen molar-refractivity contribution in [3.05, 3.63) is 74.3 Å². The van der Waals surface area contributed by atoms with Gasteiger partial charge in [-0.05, 0) is 23.1 Å². The molecule has 0 fully saturated rings. The highest BCUT2D eigenvalue weighted by Crippen LogP contribution is 2.30. The topological polar surface area (TPSA) is 79.4 Å². The zero-order valence-corrected chi connectivity index (χ0v) is 17.2. The SMILES string of the molecule is O=C(Nc1nc2c(s1)CN(S(=O)(=O)C=Cc1ccccc1)CC2)c1cccs1. The molecule has 0 saturated heterocycles. The van der Waals surface area contributed by atoms with E-state index in [1.165, 1.54) is 32.4 Å². The van der Waals surface area contributed by atoms with Crippen LogP contribution in [0.5, 0.6) is 0 Å². The third kappa shape index (κ3) is 4.22. The lowest BCUT2D eigenvalue weighted by molar-refractivity contribution is 0.103. The molecule has 1 aliphatic heterocycles. The summed E-state index contributed by atoms with van der Waals surface area (Å²) in [7, 11) is -3.53. The third-order valence-corrected chi connectivity index (χ3v) is 7.63. The molecule has 1 aliphatic rings. The maximum Gasteiger partial charge on any atom is 0.267 e. The van der Waals surface area contributed by atoms with Crippen LogP contribution in [-0.4, -0.2) is 30.2 Å². The Labute approximate surface area is 171 Å². The molecule has 4 rings (SSSR count). The van der Waals surface area contributed by atoms with E-state index in [0.717, 1.165) is 16.1 Å². The first-order chi connectivity index (χ1) is 13.5. The summed E-state index contributed by atoms with van der Waals surface area (Å²) < 4.78 is 26.8. The molecule has 1 aromatic carbocycles. The van der Waals surface area contributed by atoms with Gasteiger partial charge in [0.15, 0.2) is 5.13 Å². The molecule has 0 aliphatic carbocycles. The Bertz CT molecular complexity index is 1100. The molecule has 0 spiro atoms. The predicted molar refractivity (Wildman–Crippen MR) is 113 cm³/mol. The average Bonchev–Trinajstić information content (AvgIpc) is 3.36. The molecule has 0 saturated carbocycles. The number of hydrogen-bond donors (Lipinski definition) is 1. The number of amides is 1. The summed E-state index contributed by atoms with van der Waals surface area (Å²) in [5.74, 6) is -0.198. The van der Waals surface area contributed by atoms with Crippen LogP contribution >= 0.6 is 22.7 Å². The van der Waals surface area contributed by atoms with Crippen LogP contribution in [0.3, 0.4) is 0 Å². The number of fused-ring (bicyclic) bond motifs is 1. The fraction of sp³-hybridized carbons (Fsp3) is 0.158. The largest absolute Gasteiger partial charge is 0.297 e. The molecule has 9 heteroatoms. The molecule has 3 heterocycles. The van der Waals surface area contributed by atoms with E-state index in [0.29, 0.717) is 23.0 Å². The molecule has 3 aromatic rings. The van der Waals surface area contributed by atoms with Crippen LogP contribution in [0.1, 0.15) is 25.8 Å². The number of benzene rings is 1. The number of thiophene rings is 1. The van der Waals surface area contributed by atoms with Crippen LogP contribution in [0.2, 0.25) is 0 Å².